The summed E-state index contributed by atoms with van der Waals surface area (Å²) >= 11 is 0. The summed E-state index contributed by atoms with van der Waals surface area (Å²) in [6.07, 6.45) is 1.63. The first kappa shape index (κ1) is 18.3. The van der Waals surface area contributed by atoms with E-state index in [1.807, 2.05) is 60.7 Å². The van der Waals surface area contributed by atoms with E-state index in [-0.39, 0.29) is 12.5 Å². The summed E-state index contributed by atoms with van der Waals surface area (Å²) in [6, 6.07) is 19.0. The molecule has 0 heterocycles. The van der Waals surface area contributed by atoms with Crippen LogP contribution in [0.4, 0.5) is 5.69 Å². The van der Waals surface area contributed by atoms with Crippen molar-refractivity contribution in [3.05, 3.63) is 66.2 Å². The van der Waals surface area contributed by atoms with Gasteiger partial charge in [0.05, 0.1) is 27.0 Å². The van der Waals surface area contributed by atoms with Crippen molar-refractivity contribution in [3.63, 3.8) is 0 Å². The summed E-state index contributed by atoms with van der Waals surface area (Å²) in [4.78, 5) is 12.0. The summed E-state index contributed by atoms with van der Waals surface area (Å²) in [5.74, 6) is 1.33. The summed E-state index contributed by atoms with van der Waals surface area (Å²) in [7, 11) is 3.26. The highest BCUT2D eigenvalue weighted by Crippen LogP contribution is 2.27. The van der Waals surface area contributed by atoms with Gasteiger partial charge in [0, 0.05) is 16.6 Å². The van der Waals surface area contributed by atoms with Gasteiger partial charge >= 0.3 is 0 Å². The summed E-state index contributed by atoms with van der Waals surface area (Å²) in [5.41, 5.74) is 4.26. The first-order chi connectivity index (χ1) is 13.2. The molecule has 0 saturated carbocycles. The third-order valence-corrected chi connectivity index (χ3v) is 4.07. The molecule has 0 bridgehead atoms. The second-order valence-corrected chi connectivity index (χ2v) is 5.78. The van der Waals surface area contributed by atoms with E-state index in [2.05, 4.69) is 15.8 Å². The van der Waals surface area contributed by atoms with Gasteiger partial charge in [0.1, 0.15) is 11.5 Å². The number of nitrogens with zero attached hydrogens (tertiary/aromatic N) is 1. The molecule has 0 aliphatic carbocycles. The smallest absolute Gasteiger partial charge is 0.259 e. The van der Waals surface area contributed by atoms with Crippen LogP contribution in [0.5, 0.6) is 11.5 Å². The molecule has 0 aliphatic rings. The van der Waals surface area contributed by atoms with Gasteiger partial charge in [0.25, 0.3) is 5.91 Å². The van der Waals surface area contributed by atoms with Crippen LogP contribution >= 0.6 is 0 Å². The molecule has 3 aromatic rings. The number of hydrazone groups is 1. The van der Waals surface area contributed by atoms with E-state index in [0.717, 1.165) is 33.5 Å². The Morgan fingerprint density at radius 1 is 0.963 bits per heavy atom. The molecule has 0 aliphatic heterocycles. The van der Waals surface area contributed by atoms with Gasteiger partial charge in [0.2, 0.25) is 0 Å². The highest BCUT2D eigenvalue weighted by atomic mass is 16.5. The Balaban J connectivity index is 1.60. The van der Waals surface area contributed by atoms with Gasteiger partial charge in [-0.1, -0.05) is 24.3 Å². The van der Waals surface area contributed by atoms with E-state index >= 15 is 0 Å². The lowest BCUT2D eigenvalue weighted by Gasteiger charge is -2.08. The summed E-state index contributed by atoms with van der Waals surface area (Å²) in [6.45, 7) is 0.118. The lowest BCUT2D eigenvalue weighted by Crippen LogP contribution is -2.25. The lowest BCUT2D eigenvalue weighted by molar-refractivity contribution is -0.119. The molecule has 0 aromatic heterocycles. The Hall–Kier alpha value is -3.54. The van der Waals surface area contributed by atoms with Gasteiger partial charge in [-0.25, -0.2) is 5.43 Å². The van der Waals surface area contributed by atoms with E-state index in [1.54, 1.807) is 20.4 Å². The Morgan fingerprint density at radius 3 is 2.41 bits per heavy atom. The van der Waals surface area contributed by atoms with Crippen molar-refractivity contribution in [1.82, 2.24) is 5.43 Å². The van der Waals surface area contributed by atoms with E-state index in [0.29, 0.717) is 0 Å². The fourth-order valence-electron chi connectivity index (χ4n) is 2.69. The number of rotatable bonds is 7. The molecule has 0 saturated heterocycles. The minimum atomic E-state index is -0.236. The maximum atomic E-state index is 12.0. The molecule has 0 unspecified atom stereocenters. The van der Waals surface area contributed by atoms with Gasteiger partial charge < -0.3 is 14.8 Å². The number of nitrogens with one attached hydrogen (secondary N) is 2. The SMILES string of the molecule is COc1ccc(NCC(=O)NN=Cc2ccc(OC)c3ccccc23)cc1. The standard InChI is InChI=1S/C21H21N3O3/c1-26-17-10-8-16(9-11-17)22-14-21(25)24-23-13-15-7-12-20(27-2)19-6-4-3-5-18(15)19/h3-13,22H,14H2,1-2H3,(H,24,25). The fourth-order valence-corrected chi connectivity index (χ4v) is 2.69. The molecule has 2 N–H and O–H groups in total. The minimum absolute atomic E-state index is 0.118. The van der Waals surface area contributed by atoms with Crippen LogP contribution in [0.3, 0.4) is 0 Å². The molecule has 6 heteroatoms. The van der Waals surface area contributed by atoms with E-state index < -0.39 is 0 Å². The second kappa shape index (κ2) is 8.71. The normalized spacial score (nSPS) is 10.7. The maximum absolute atomic E-state index is 12.0. The zero-order valence-corrected chi connectivity index (χ0v) is 15.2. The van der Waals surface area contributed by atoms with Crippen LogP contribution < -0.4 is 20.2 Å². The van der Waals surface area contributed by atoms with Crippen molar-refractivity contribution in [3.8, 4) is 11.5 Å². The molecular weight excluding hydrogens is 342 g/mol. The van der Waals surface area contributed by atoms with E-state index in [4.69, 9.17) is 9.47 Å². The molecule has 1 amide bonds. The number of ether oxygens (including phenoxy) is 2. The number of hydrogen-bond acceptors (Lipinski definition) is 5. The van der Waals surface area contributed by atoms with Gasteiger partial charge in [-0.2, -0.15) is 5.10 Å². The van der Waals surface area contributed by atoms with Crippen molar-refractivity contribution in [2.45, 2.75) is 0 Å². The number of fused-ring (bicyclic) bond motifs is 1. The highest BCUT2D eigenvalue weighted by Gasteiger charge is 2.05. The van der Waals surface area contributed by atoms with Crippen molar-refractivity contribution < 1.29 is 14.3 Å². The summed E-state index contributed by atoms with van der Waals surface area (Å²) < 4.78 is 10.5. The number of anilines is 1. The third kappa shape index (κ3) is 4.55. The van der Waals surface area contributed by atoms with Crippen molar-refractivity contribution in [2.24, 2.45) is 5.10 Å². The van der Waals surface area contributed by atoms with Crippen LogP contribution in [-0.4, -0.2) is 32.9 Å². The molecular formula is C21H21N3O3. The molecule has 0 atom stereocenters. The summed E-state index contributed by atoms with van der Waals surface area (Å²) in [5, 5.41) is 9.10. The van der Waals surface area contributed by atoms with Gasteiger partial charge in [0.15, 0.2) is 0 Å². The van der Waals surface area contributed by atoms with Gasteiger partial charge in [-0.05, 0) is 41.8 Å². The van der Waals surface area contributed by atoms with E-state index in [1.165, 1.54) is 0 Å². The predicted octanol–water partition coefficient (Wildman–Crippen LogP) is 3.42. The number of benzene rings is 3. The van der Waals surface area contributed by atoms with Crippen LogP contribution in [-0.2, 0) is 4.79 Å². The van der Waals surface area contributed by atoms with Crippen LogP contribution in [0.2, 0.25) is 0 Å². The lowest BCUT2D eigenvalue weighted by atomic mass is 10.0. The van der Waals surface area contributed by atoms with Crippen molar-refractivity contribution >= 4 is 28.6 Å². The first-order valence-electron chi connectivity index (χ1n) is 8.47. The Morgan fingerprint density at radius 2 is 1.70 bits per heavy atom. The van der Waals surface area contributed by atoms with Crippen LogP contribution in [0.15, 0.2) is 65.8 Å². The first-order valence-corrected chi connectivity index (χ1v) is 8.47. The molecule has 6 nitrogen and oxygen atoms in total. The zero-order valence-electron chi connectivity index (χ0n) is 15.2. The number of carbonyl (C=O) groups is 1. The average Bonchev–Trinajstić information content (AvgIpc) is 2.72. The fraction of sp³-hybridized carbons (Fsp3) is 0.143. The van der Waals surface area contributed by atoms with Gasteiger partial charge in [-0.3, -0.25) is 4.79 Å². The largest absolute Gasteiger partial charge is 0.497 e. The molecule has 0 radical (unpaired) electrons. The minimum Gasteiger partial charge on any atom is -0.497 e. The number of amides is 1. The predicted molar refractivity (Wildman–Crippen MR) is 108 cm³/mol. The van der Waals surface area contributed by atoms with Gasteiger partial charge in [-0.15, -0.1) is 0 Å². The maximum Gasteiger partial charge on any atom is 0.259 e. The van der Waals surface area contributed by atoms with Crippen molar-refractivity contribution in [2.75, 3.05) is 26.1 Å². The second-order valence-electron chi connectivity index (χ2n) is 5.78. The Bertz CT molecular complexity index is 953. The zero-order chi connectivity index (χ0) is 19.1. The van der Waals surface area contributed by atoms with E-state index in [9.17, 15) is 4.79 Å². The van der Waals surface area contributed by atoms with Crippen LogP contribution in [0.1, 0.15) is 5.56 Å². The highest BCUT2D eigenvalue weighted by molar-refractivity contribution is 6.02. The third-order valence-electron chi connectivity index (χ3n) is 4.07. The van der Waals surface area contributed by atoms with Crippen LogP contribution in [0.25, 0.3) is 10.8 Å². The number of hydrogen-bond donors (Lipinski definition) is 2. The topological polar surface area (TPSA) is 72.0 Å². The average molecular weight is 363 g/mol. The molecule has 3 rings (SSSR count). The number of carbonyl (C=O) groups excluding carboxylic acids is 1. The number of methoxy groups -OCH3 is 2. The van der Waals surface area contributed by atoms with Crippen molar-refractivity contribution in [1.29, 1.82) is 0 Å². The quantitative estimate of drug-likeness (QED) is 0.498. The molecule has 138 valence electrons. The Kier molecular flexibility index (Phi) is 5.89. The molecule has 27 heavy (non-hydrogen) atoms. The van der Waals surface area contributed by atoms with Crippen LogP contribution in [0, 0.1) is 0 Å². The monoisotopic (exact) mass is 363 g/mol. The molecule has 3 aromatic carbocycles. The molecule has 0 spiro atoms. The Labute approximate surface area is 157 Å². The molecule has 0 fully saturated rings.